The van der Waals surface area contributed by atoms with Crippen molar-refractivity contribution in [3.63, 3.8) is 0 Å². The Morgan fingerprint density at radius 3 is 2.37 bits per heavy atom. The van der Waals surface area contributed by atoms with E-state index in [-0.39, 0.29) is 17.7 Å². The highest BCUT2D eigenvalue weighted by atomic mass is 19.1. The molecule has 102 valence electrons. The SMILES string of the molecule is O=C(CN1C2CCC1CC(O)C2)c1ccc(F)cc1. The van der Waals surface area contributed by atoms with Gasteiger partial charge in [-0.05, 0) is 49.9 Å². The van der Waals surface area contributed by atoms with Crippen molar-refractivity contribution in [3.8, 4) is 0 Å². The van der Waals surface area contributed by atoms with E-state index in [4.69, 9.17) is 0 Å². The molecule has 0 aromatic heterocycles. The van der Waals surface area contributed by atoms with Gasteiger partial charge >= 0.3 is 0 Å². The number of aliphatic hydroxyl groups excluding tert-OH is 1. The van der Waals surface area contributed by atoms with Gasteiger partial charge in [0.05, 0.1) is 12.6 Å². The number of fused-ring (bicyclic) bond motifs is 2. The second kappa shape index (κ2) is 5.02. The van der Waals surface area contributed by atoms with Crippen molar-refractivity contribution in [1.82, 2.24) is 4.90 Å². The van der Waals surface area contributed by atoms with E-state index >= 15 is 0 Å². The fraction of sp³-hybridized carbons (Fsp3) is 0.533. The first-order valence-corrected chi connectivity index (χ1v) is 6.86. The normalized spacial score (nSPS) is 30.5. The molecule has 0 radical (unpaired) electrons. The van der Waals surface area contributed by atoms with Gasteiger partial charge in [0, 0.05) is 17.6 Å². The van der Waals surface area contributed by atoms with Gasteiger partial charge < -0.3 is 5.11 Å². The number of carbonyl (C=O) groups excluding carboxylic acids is 1. The average molecular weight is 263 g/mol. The fourth-order valence-electron chi connectivity index (χ4n) is 3.40. The summed E-state index contributed by atoms with van der Waals surface area (Å²) in [5, 5.41) is 9.74. The van der Waals surface area contributed by atoms with Crippen molar-refractivity contribution in [1.29, 1.82) is 0 Å². The number of ketones is 1. The van der Waals surface area contributed by atoms with Crippen LogP contribution in [0.15, 0.2) is 24.3 Å². The second-order valence-corrected chi connectivity index (χ2v) is 5.61. The summed E-state index contributed by atoms with van der Waals surface area (Å²) in [6.45, 7) is 0.383. The lowest BCUT2D eigenvalue weighted by atomic mass is 9.99. The van der Waals surface area contributed by atoms with Crippen LogP contribution >= 0.6 is 0 Å². The number of carbonyl (C=O) groups is 1. The van der Waals surface area contributed by atoms with Crippen LogP contribution in [0.4, 0.5) is 4.39 Å². The Bertz CT molecular complexity index is 460. The van der Waals surface area contributed by atoms with E-state index in [9.17, 15) is 14.3 Å². The molecule has 2 atom stereocenters. The van der Waals surface area contributed by atoms with Crippen LogP contribution in [0.25, 0.3) is 0 Å². The van der Waals surface area contributed by atoms with Crippen LogP contribution in [0.3, 0.4) is 0 Å². The number of nitrogens with zero attached hydrogens (tertiary/aromatic N) is 1. The Balaban J connectivity index is 1.69. The number of piperidine rings is 1. The van der Waals surface area contributed by atoms with E-state index in [2.05, 4.69) is 4.90 Å². The Morgan fingerprint density at radius 1 is 1.21 bits per heavy atom. The molecule has 2 unspecified atom stereocenters. The molecular weight excluding hydrogens is 245 g/mol. The molecule has 2 aliphatic heterocycles. The Morgan fingerprint density at radius 2 is 1.79 bits per heavy atom. The number of hydrogen-bond acceptors (Lipinski definition) is 3. The van der Waals surface area contributed by atoms with Crippen LogP contribution in [0.5, 0.6) is 0 Å². The van der Waals surface area contributed by atoms with Gasteiger partial charge in [0.25, 0.3) is 0 Å². The predicted octanol–water partition coefficient (Wildman–Crippen LogP) is 2.00. The standard InChI is InChI=1S/C15H18FNO2/c16-11-3-1-10(2-4-11)15(19)9-17-12-5-6-13(17)8-14(18)7-12/h1-4,12-14,18H,5-9H2. The van der Waals surface area contributed by atoms with Gasteiger partial charge in [-0.2, -0.15) is 0 Å². The molecule has 0 aliphatic carbocycles. The molecule has 3 nitrogen and oxygen atoms in total. The zero-order chi connectivity index (χ0) is 13.4. The molecule has 2 fully saturated rings. The van der Waals surface area contributed by atoms with Gasteiger partial charge in [-0.1, -0.05) is 0 Å². The molecule has 1 aromatic rings. The lowest BCUT2D eigenvalue weighted by Gasteiger charge is -2.36. The average Bonchev–Trinajstić information content (AvgIpc) is 2.62. The number of hydrogen-bond donors (Lipinski definition) is 1. The number of benzene rings is 1. The highest BCUT2D eigenvalue weighted by Gasteiger charge is 2.40. The molecule has 2 heterocycles. The van der Waals surface area contributed by atoms with Crippen LogP contribution in [-0.4, -0.2) is 40.5 Å². The van der Waals surface area contributed by atoms with Crippen LogP contribution < -0.4 is 0 Å². The maximum Gasteiger partial charge on any atom is 0.176 e. The van der Waals surface area contributed by atoms with Gasteiger partial charge in [-0.3, -0.25) is 9.69 Å². The van der Waals surface area contributed by atoms with E-state index < -0.39 is 0 Å². The zero-order valence-corrected chi connectivity index (χ0v) is 10.8. The van der Waals surface area contributed by atoms with Crippen molar-refractivity contribution in [2.24, 2.45) is 0 Å². The minimum atomic E-state index is -0.322. The number of rotatable bonds is 3. The third kappa shape index (κ3) is 2.55. The van der Waals surface area contributed by atoms with Gasteiger partial charge in [0.15, 0.2) is 5.78 Å². The van der Waals surface area contributed by atoms with Crippen molar-refractivity contribution < 1.29 is 14.3 Å². The lowest BCUT2D eigenvalue weighted by Crippen LogP contribution is -2.46. The quantitative estimate of drug-likeness (QED) is 0.848. The topological polar surface area (TPSA) is 40.5 Å². The van der Waals surface area contributed by atoms with Crippen LogP contribution in [-0.2, 0) is 0 Å². The maximum atomic E-state index is 12.8. The molecule has 3 rings (SSSR count). The third-order valence-corrected chi connectivity index (χ3v) is 4.35. The molecular formula is C15H18FNO2. The molecule has 2 aliphatic rings. The summed E-state index contributed by atoms with van der Waals surface area (Å²) in [7, 11) is 0. The van der Waals surface area contributed by atoms with Crippen molar-refractivity contribution >= 4 is 5.78 Å². The van der Waals surface area contributed by atoms with Crippen molar-refractivity contribution in [2.45, 2.75) is 43.9 Å². The van der Waals surface area contributed by atoms with Crippen LogP contribution in [0.1, 0.15) is 36.0 Å². The van der Waals surface area contributed by atoms with Gasteiger partial charge in [-0.15, -0.1) is 0 Å². The van der Waals surface area contributed by atoms with E-state index in [0.29, 0.717) is 24.2 Å². The summed E-state index contributed by atoms with van der Waals surface area (Å²) in [5.74, 6) is -0.286. The first kappa shape index (κ1) is 12.8. The molecule has 2 bridgehead atoms. The van der Waals surface area contributed by atoms with Gasteiger partial charge in [0.1, 0.15) is 5.82 Å². The van der Waals surface area contributed by atoms with Crippen LogP contribution in [0.2, 0.25) is 0 Å². The maximum absolute atomic E-state index is 12.8. The highest BCUT2D eigenvalue weighted by Crippen LogP contribution is 2.35. The molecule has 0 saturated carbocycles. The summed E-state index contributed by atoms with van der Waals surface area (Å²) in [5.41, 5.74) is 0.562. The predicted molar refractivity (Wildman–Crippen MR) is 69.5 cm³/mol. The number of aliphatic hydroxyl groups is 1. The second-order valence-electron chi connectivity index (χ2n) is 5.61. The van der Waals surface area contributed by atoms with E-state index in [1.807, 2.05) is 0 Å². The molecule has 0 amide bonds. The fourth-order valence-corrected chi connectivity index (χ4v) is 3.40. The Hall–Kier alpha value is -1.26. The monoisotopic (exact) mass is 263 g/mol. The summed E-state index contributed by atoms with van der Waals surface area (Å²) in [4.78, 5) is 14.4. The smallest absolute Gasteiger partial charge is 0.176 e. The molecule has 4 heteroatoms. The van der Waals surface area contributed by atoms with Gasteiger partial charge in [0.2, 0.25) is 0 Å². The molecule has 1 aromatic carbocycles. The largest absolute Gasteiger partial charge is 0.393 e. The van der Waals surface area contributed by atoms with E-state index in [0.717, 1.165) is 25.7 Å². The molecule has 0 spiro atoms. The van der Waals surface area contributed by atoms with E-state index in [1.54, 1.807) is 12.1 Å². The number of Topliss-reactive ketones (excluding diaryl/α,β-unsaturated/α-hetero) is 1. The summed E-state index contributed by atoms with van der Waals surface area (Å²) < 4.78 is 12.8. The Kier molecular flexibility index (Phi) is 3.37. The number of halogens is 1. The van der Waals surface area contributed by atoms with Crippen LogP contribution in [0, 0.1) is 5.82 Å². The third-order valence-electron chi connectivity index (χ3n) is 4.35. The molecule has 1 N–H and O–H groups in total. The minimum Gasteiger partial charge on any atom is -0.393 e. The first-order valence-electron chi connectivity index (χ1n) is 6.86. The minimum absolute atomic E-state index is 0.0355. The highest BCUT2D eigenvalue weighted by molar-refractivity contribution is 5.97. The zero-order valence-electron chi connectivity index (χ0n) is 10.8. The summed E-state index contributed by atoms with van der Waals surface area (Å²) in [6, 6.07) is 6.39. The van der Waals surface area contributed by atoms with Gasteiger partial charge in [-0.25, -0.2) is 4.39 Å². The summed E-state index contributed by atoms with van der Waals surface area (Å²) >= 11 is 0. The first-order chi connectivity index (χ1) is 9.13. The molecule has 19 heavy (non-hydrogen) atoms. The lowest BCUT2D eigenvalue weighted by molar-refractivity contribution is 0.0344. The summed E-state index contributed by atoms with van der Waals surface area (Å²) in [6.07, 6.45) is 3.46. The Labute approximate surface area is 112 Å². The van der Waals surface area contributed by atoms with Crippen molar-refractivity contribution in [3.05, 3.63) is 35.6 Å². The molecule has 2 saturated heterocycles. The van der Waals surface area contributed by atoms with Crippen molar-refractivity contribution in [2.75, 3.05) is 6.54 Å². The van der Waals surface area contributed by atoms with E-state index in [1.165, 1.54) is 12.1 Å².